The molecule has 2 heterocycles. The van der Waals surface area contributed by atoms with Gasteiger partial charge in [0.15, 0.2) is 0 Å². The van der Waals surface area contributed by atoms with Gasteiger partial charge in [0.2, 0.25) is 17.7 Å². The standard InChI is InChI=1S/C28H40N4O8/c1-5-14-38-16-12-31(27(37)40-28(2,3)4)13-17-39-15-11-24(34)29-21-8-6-7-19-20(21)18-32(26(19)36)22-9-10-23(33)30-25(22)35/h6-8,22H,5,9-18H2,1-4H3,(H,29,34)(H,30,33,35). The molecule has 5 amide bonds. The van der Waals surface area contributed by atoms with E-state index in [4.69, 9.17) is 14.2 Å². The molecule has 0 aromatic heterocycles. The van der Waals surface area contributed by atoms with Crippen molar-refractivity contribution in [3.05, 3.63) is 29.3 Å². The highest BCUT2D eigenvalue weighted by molar-refractivity contribution is 6.06. The van der Waals surface area contributed by atoms with E-state index in [-0.39, 0.29) is 63.3 Å². The average Bonchev–Trinajstić information content (AvgIpc) is 3.21. The lowest BCUT2D eigenvalue weighted by molar-refractivity contribution is -0.137. The van der Waals surface area contributed by atoms with Gasteiger partial charge in [-0.3, -0.25) is 24.5 Å². The van der Waals surface area contributed by atoms with Crippen molar-refractivity contribution < 1.29 is 38.2 Å². The van der Waals surface area contributed by atoms with Crippen molar-refractivity contribution in [2.45, 2.75) is 71.6 Å². The number of carbonyl (C=O) groups is 5. The molecule has 3 rings (SSSR count). The van der Waals surface area contributed by atoms with E-state index >= 15 is 0 Å². The summed E-state index contributed by atoms with van der Waals surface area (Å²) in [5.74, 6) is -1.44. The SMILES string of the molecule is CCCOCCN(CCOCCC(=O)Nc1cccc2c1CN(C1CCC(=O)NC1=O)C2=O)C(=O)OC(C)(C)C. The second kappa shape index (κ2) is 14.2. The third-order valence-corrected chi connectivity index (χ3v) is 6.34. The van der Waals surface area contributed by atoms with Crippen molar-refractivity contribution in [2.24, 2.45) is 0 Å². The van der Waals surface area contributed by atoms with Gasteiger partial charge in [-0.15, -0.1) is 0 Å². The second-order valence-electron chi connectivity index (χ2n) is 10.7. The number of ether oxygens (including phenoxy) is 3. The fourth-order valence-electron chi connectivity index (χ4n) is 4.40. The van der Waals surface area contributed by atoms with Gasteiger partial charge in [0.05, 0.1) is 26.2 Å². The molecule has 1 unspecified atom stereocenters. The van der Waals surface area contributed by atoms with Crippen LogP contribution in [0.25, 0.3) is 0 Å². The fourth-order valence-corrected chi connectivity index (χ4v) is 4.40. The van der Waals surface area contributed by atoms with Gasteiger partial charge in [0.25, 0.3) is 5.91 Å². The first-order chi connectivity index (χ1) is 19.0. The van der Waals surface area contributed by atoms with E-state index in [1.165, 1.54) is 9.80 Å². The highest BCUT2D eigenvalue weighted by Gasteiger charge is 2.40. The van der Waals surface area contributed by atoms with E-state index in [2.05, 4.69) is 10.6 Å². The van der Waals surface area contributed by atoms with Gasteiger partial charge in [0.1, 0.15) is 11.6 Å². The minimum Gasteiger partial charge on any atom is -0.444 e. The molecule has 2 aliphatic rings. The molecule has 2 N–H and O–H groups in total. The number of fused-ring (bicyclic) bond motifs is 1. The van der Waals surface area contributed by atoms with Crippen molar-refractivity contribution in [3.8, 4) is 0 Å². The Morgan fingerprint density at radius 2 is 1.77 bits per heavy atom. The Morgan fingerprint density at radius 1 is 1.07 bits per heavy atom. The predicted molar refractivity (Wildman–Crippen MR) is 145 cm³/mol. The zero-order chi connectivity index (χ0) is 29.3. The molecule has 40 heavy (non-hydrogen) atoms. The van der Waals surface area contributed by atoms with E-state index in [1.807, 2.05) is 6.92 Å². The first-order valence-corrected chi connectivity index (χ1v) is 13.7. The Morgan fingerprint density at radius 3 is 2.42 bits per heavy atom. The predicted octanol–water partition coefficient (Wildman–Crippen LogP) is 2.46. The molecule has 12 nitrogen and oxygen atoms in total. The molecule has 0 bridgehead atoms. The van der Waals surface area contributed by atoms with E-state index < -0.39 is 23.6 Å². The van der Waals surface area contributed by atoms with Crippen LogP contribution < -0.4 is 10.6 Å². The van der Waals surface area contributed by atoms with Crippen LogP contribution in [0.1, 0.15) is 69.3 Å². The second-order valence-corrected chi connectivity index (χ2v) is 10.7. The summed E-state index contributed by atoms with van der Waals surface area (Å²) in [4.78, 5) is 64.9. The number of imide groups is 1. The summed E-state index contributed by atoms with van der Waals surface area (Å²) in [7, 11) is 0. The Bertz CT molecular complexity index is 1100. The number of rotatable bonds is 13. The number of amides is 5. The molecular formula is C28H40N4O8. The van der Waals surface area contributed by atoms with Crippen LogP contribution in [0.3, 0.4) is 0 Å². The van der Waals surface area contributed by atoms with Crippen molar-refractivity contribution in [1.29, 1.82) is 0 Å². The molecule has 0 saturated carbocycles. The van der Waals surface area contributed by atoms with Gasteiger partial charge in [-0.25, -0.2) is 4.79 Å². The molecule has 1 aromatic carbocycles. The van der Waals surface area contributed by atoms with Gasteiger partial charge in [-0.1, -0.05) is 13.0 Å². The van der Waals surface area contributed by atoms with E-state index in [0.717, 1.165) is 6.42 Å². The molecule has 1 saturated heterocycles. The Kier molecular flexibility index (Phi) is 11.0. The lowest BCUT2D eigenvalue weighted by Gasteiger charge is -2.29. The first-order valence-electron chi connectivity index (χ1n) is 13.7. The van der Waals surface area contributed by atoms with Gasteiger partial charge in [-0.2, -0.15) is 0 Å². The number of hydrogen-bond acceptors (Lipinski definition) is 8. The highest BCUT2D eigenvalue weighted by Crippen LogP contribution is 2.32. The number of nitrogens with one attached hydrogen (secondary N) is 2. The summed E-state index contributed by atoms with van der Waals surface area (Å²) in [6.07, 6.45) is 0.939. The lowest BCUT2D eigenvalue weighted by Crippen LogP contribution is -2.52. The molecule has 0 spiro atoms. The monoisotopic (exact) mass is 560 g/mol. The fraction of sp³-hybridized carbons (Fsp3) is 0.607. The molecular weight excluding hydrogens is 520 g/mol. The van der Waals surface area contributed by atoms with Gasteiger partial charge in [-0.05, 0) is 45.7 Å². The van der Waals surface area contributed by atoms with Crippen LogP contribution in [0.4, 0.5) is 10.5 Å². The smallest absolute Gasteiger partial charge is 0.410 e. The van der Waals surface area contributed by atoms with E-state index in [9.17, 15) is 24.0 Å². The minimum absolute atomic E-state index is 0.0700. The molecule has 1 fully saturated rings. The molecule has 0 aliphatic carbocycles. The number of hydrogen-bond donors (Lipinski definition) is 2. The van der Waals surface area contributed by atoms with Crippen molar-refractivity contribution >= 4 is 35.4 Å². The normalized spacial score (nSPS) is 16.9. The molecule has 1 aromatic rings. The van der Waals surface area contributed by atoms with E-state index in [0.29, 0.717) is 36.6 Å². The molecule has 220 valence electrons. The maximum absolute atomic E-state index is 13.0. The topological polar surface area (TPSA) is 144 Å². The van der Waals surface area contributed by atoms with Gasteiger partial charge in [0, 0.05) is 49.5 Å². The summed E-state index contributed by atoms with van der Waals surface area (Å²) in [5.41, 5.74) is 0.919. The highest BCUT2D eigenvalue weighted by atomic mass is 16.6. The molecule has 12 heteroatoms. The Hall–Kier alpha value is -3.51. The summed E-state index contributed by atoms with van der Waals surface area (Å²) in [5, 5.41) is 5.12. The third kappa shape index (κ3) is 8.75. The van der Waals surface area contributed by atoms with Gasteiger partial charge >= 0.3 is 6.09 Å². The van der Waals surface area contributed by atoms with Crippen LogP contribution in [0.15, 0.2) is 18.2 Å². The number of carbonyl (C=O) groups excluding carboxylic acids is 5. The van der Waals surface area contributed by atoms with Crippen LogP contribution in [0.2, 0.25) is 0 Å². The third-order valence-electron chi connectivity index (χ3n) is 6.34. The first kappa shape index (κ1) is 31.0. The number of benzene rings is 1. The summed E-state index contributed by atoms with van der Waals surface area (Å²) < 4.78 is 16.6. The minimum atomic E-state index is -0.729. The van der Waals surface area contributed by atoms with E-state index in [1.54, 1.807) is 39.0 Å². The number of anilines is 1. The largest absolute Gasteiger partial charge is 0.444 e. The summed E-state index contributed by atoms with van der Waals surface area (Å²) in [6, 6.07) is 4.31. The average molecular weight is 561 g/mol. The number of nitrogens with zero attached hydrogens (tertiary/aromatic N) is 2. The van der Waals surface area contributed by atoms with Crippen LogP contribution in [0.5, 0.6) is 0 Å². The number of piperidine rings is 1. The molecule has 2 aliphatic heterocycles. The summed E-state index contributed by atoms with van der Waals surface area (Å²) in [6.45, 7) is 9.59. The maximum atomic E-state index is 13.0. The van der Waals surface area contributed by atoms with Crippen molar-refractivity contribution in [3.63, 3.8) is 0 Å². The molecule has 1 atom stereocenters. The van der Waals surface area contributed by atoms with Crippen LogP contribution >= 0.6 is 0 Å². The van der Waals surface area contributed by atoms with Crippen molar-refractivity contribution in [1.82, 2.24) is 15.1 Å². The Labute approximate surface area is 234 Å². The van der Waals surface area contributed by atoms with Crippen molar-refractivity contribution in [2.75, 3.05) is 44.8 Å². The maximum Gasteiger partial charge on any atom is 0.410 e. The molecule has 0 radical (unpaired) electrons. The quantitative estimate of drug-likeness (QED) is 0.277. The van der Waals surface area contributed by atoms with Crippen LogP contribution in [0, 0.1) is 0 Å². The zero-order valence-electron chi connectivity index (χ0n) is 23.7. The lowest BCUT2D eigenvalue weighted by atomic mass is 10.0. The van der Waals surface area contributed by atoms with Crippen LogP contribution in [-0.2, 0) is 35.1 Å². The summed E-state index contributed by atoms with van der Waals surface area (Å²) >= 11 is 0. The zero-order valence-corrected chi connectivity index (χ0v) is 23.7. The van der Waals surface area contributed by atoms with Gasteiger partial charge < -0.3 is 29.3 Å². The Balaban J connectivity index is 1.47. The van der Waals surface area contributed by atoms with Crippen LogP contribution in [-0.4, -0.2) is 90.7 Å².